The minimum atomic E-state index is 0.806. The fourth-order valence-corrected chi connectivity index (χ4v) is 3.81. The van der Waals surface area contributed by atoms with Gasteiger partial charge in [0.15, 0.2) is 0 Å². The van der Waals surface area contributed by atoms with Crippen molar-refractivity contribution >= 4 is 11.9 Å². The molecule has 138 valence electrons. The monoisotopic (exact) mass is 352 g/mol. The lowest BCUT2D eigenvalue weighted by Gasteiger charge is -2.30. The maximum atomic E-state index is 4.80. The van der Waals surface area contributed by atoms with Crippen molar-refractivity contribution < 1.29 is 0 Å². The molecule has 4 heterocycles. The molecule has 0 aromatic carbocycles. The molecule has 26 heavy (non-hydrogen) atoms. The molecule has 0 N–H and O–H groups in total. The van der Waals surface area contributed by atoms with Crippen molar-refractivity contribution in [3.63, 3.8) is 0 Å². The Labute approximate surface area is 155 Å². The van der Waals surface area contributed by atoms with Crippen molar-refractivity contribution in [2.45, 2.75) is 46.0 Å². The number of hydrogen-bond acceptors (Lipinski definition) is 6. The number of nitrogens with zero attached hydrogens (tertiary/aromatic N) is 6. The third kappa shape index (κ3) is 3.64. The van der Waals surface area contributed by atoms with Gasteiger partial charge in [-0.2, -0.15) is 0 Å². The van der Waals surface area contributed by atoms with Crippen LogP contribution in [0.25, 0.3) is 11.3 Å². The second-order valence-electron chi connectivity index (χ2n) is 7.63. The number of anilines is 2. The Balaban J connectivity index is 1.56. The first-order chi connectivity index (χ1) is 12.7. The predicted octanol–water partition coefficient (Wildman–Crippen LogP) is 3.47. The minimum absolute atomic E-state index is 0.806. The van der Waals surface area contributed by atoms with E-state index in [0.29, 0.717) is 0 Å². The molecule has 4 rings (SSSR count). The Kier molecular flexibility index (Phi) is 5.00. The Morgan fingerprint density at radius 3 is 2.31 bits per heavy atom. The van der Waals surface area contributed by atoms with E-state index in [1.54, 1.807) is 0 Å². The highest BCUT2D eigenvalue weighted by molar-refractivity contribution is 5.62. The smallest absolute Gasteiger partial charge is 0.225 e. The number of rotatable bonds is 3. The van der Waals surface area contributed by atoms with Crippen LogP contribution in [0.2, 0.25) is 0 Å². The molecule has 2 fully saturated rings. The van der Waals surface area contributed by atoms with Gasteiger partial charge in [0.05, 0.1) is 11.4 Å². The summed E-state index contributed by atoms with van der Waals surface area (Å²) in [6.45, 7) is 8.56. The zero-order valence-corrected chi connectivity index (χ0v) is 15.9. The summed E-state index contributed by atoms with van der Waals surface area (Å²) in [5, 5.41) is 0. The van der Waals surface area contributed by atoms with E-state index in [2.05, 4.69) is 33.6 Å². The number of aryl methyl sites for hydroxylation is 1. The molecule has 6 nitrogen and oxygen atoms in total. The van der Waals surface area contributed by atoms with Crippen LogP contribution in [0.15, 0.2) is 18.5 Å². The Morgan fingerprint density at radius 2 is 1.58 bits per heavy atom. The fourth-order valence-electron chi connectivity index (χ4n) is 3.81. The molecular formula is C20H28N6. The molecule has 0 atom stereocenters. The zero-order valence-electron chi connectivity index (χ0n) is 15.9. The summed E-state index contributed by atoms with van der Waals surface area (Å²) >= 11 is 0. The standard InChI is InChI=1S/C20H28N6/c1-15-7-12-26(13-8-15)20-22-14-17(16(2)23-20)18-6-9-21-19(24-18)25-10-4-3-5-11-25/h6,9,14-15H,3-5,7-8,10-13H2,1-2H3. The summed E-state index contributed by atoms with van der Waals surface area (Å²) in [6, 6.07) is 1.96. The highest BCUT2D eigenvalue weighted by Gasteiger charge is 2.19. The van der Waals surface area contributed by atoms with E-state index in [1.807, 2.05) is 18.5 Å². The molecule has 0 unspecified atom stereocenters. The maximum absolute atomic E-state index is 4.80. The van der Waals surface area contributed by atoms with Gasteiger partial charge in [-0.25, -0.2) is 19.9 Å². The van der Waals surface area contributed by atoms with Gasteiger partial charge in [0.25, 0.3) is 0 Å². The van der Waals surface area contributed by atoms with Crippen LogP contribution in [-0.2, 0) is 0 Å². The van der Waals surface area contributed by atoms with Gasteiger partial charge >= 0.3 is 0 Å². The second kappa shape index (κ2) is 7.56. The molecule has 0 radical (unpaired) electrons. The lowest BCUT2D eigenvalue weighted by Crippen LogP contribution is -2.34. The molecule has 0 amide bonds. The van der Waals surface area contributed by atoms with Crippen molar-refractivity contribution in [1.29, 1.82) is 0 Å². The number of hydrogen-bond donors (Lipinski definition) is 0. The van der Waals surface area contributed by atoms with Gasteiger partial charge in [-0.3, -0.25) is 0 Å². The van der Waals surface area contributed by atoms with E-state index in [1.165, 1.54) is 32.1 Å². The molecule has 2 aliphatic rings. The van der Waals surface area contributed by atoms with Gasteiger partial charge in [0.2, 0.25) is 11.9 Å². The highest BCUT2D eigenvalue weighted by Crippen LogP contribution is 2.25. The van der Waals surface area contributed by atoms with Crippen LogP contribution < -0.4 is 9.80 Å². The van der Waals surface area contributed by atoms with Crippen LogP contribution in [0.3, 0.4) is 0 Å². The number of aromatic nitrogens is 4. The Bertz CT molecular complexity index is 748. The lowest BCUT2D eigenvalue weighted by atomic mass is 10.00. The zero-order chi connectivity index (χ0) is 17.9. The molecule has 2 aromatic rings. The largest absolute Gasteiger partial charge is 0.341 e. The minimum Gasteiger partial charge on any atom is -0.341 e. The summed E-state index contributed by atoms with van der Waals surface area (Å²) in [6.07, 6.45) is 9.96. The van der Waals surface area contributed by atoms with Gasteiger partial charge in [-0.15, -0.1) is 0 Å². The van der Waals surface area contributed by atoms with Crippen LogP contribution in [0.5, 0.6) is 0 Å². The van der Waals surface area contributed by atoms with Gasteiger partial charge in [0, 0.05) is 44.1 Å². The van der Waals surface area contributed by atoms with Gasteiger partial charge in [-0.1, -0.05) is 6.92 Å². The molecule has 0 saturated carbocycles. The molecule has 2 saturated heterocycles. The van der Waals surface area contributed by atoms with Crippen LogP contribution >= 0.6 is 0 Å². The molecule has 6 heteroatoms. The molecule has 0 aliphatic carbocycles. The van der Waals surface area contributed by atoms with Gasteiger partial charge < -0.3 is 9.80 Å². The maximum Gasteiger partial charge on any atom is 0.225 e. The van der Waals surface area contributed by atoms with E-state index in [-0.39, 0.29) is 0 Å². The van der Waals surface area contributed by atoms with E-state index in [0.717, 1.165) is 60.9 Å². The first-order valence-corrected chi connectivity index (χ1v) is 9.87. The van der Waals surface area contributed by atoms with Crippen molar-refractivity contribution in [3.8, 4) is 11.3 Å². The summed E-state index contributed by atoms with van der Waals surface area (Å²) in [5.74, 6) is 2.49. The SMILES string of the molecule is Cc1nc(N2CCC(C)CC2)ncc1-c1ccnc(N2CCCCC2)n1. The van der Waals surface area contributed by atoms with E-state index >= 15 is 0 Å². The van der Waals surface area contributed by atoms with Crippen molar-refractivity contribution in [3.05, 3.63) is 24.2 Å². The van der Waals surface area contributed by atoms with Crippen LogP contribution in [-0.4, -0.2) is 46.1 Å². The van der Waals surface area contributed by atoms with Crippen molar-refractivity contribution in [2.75, 3.05) is 36.0 Å². The van der Waals surface area contributed by atoms with Crippen LogP contribution in [0.1, 0.15) is 44.7 Å². The molecule has 2 aliphatic heterocycles. The van der Waals surface area contributed by atoms with Gasteiger partial charge in [-0.05, 0) is 51.0 Å². The summed E-state index contributed by atoms with van der Waals surface area (Å²) in [5.41, 5.74) is 2.90. The second-order valence-corrected chi connectivity index (χ2v) is 7.63. The Morgan fingerprint density at radius 1 is 0.885 bits per heavy atom. The highest BCUT2D eigenvalue weighted by atomic mass is 15.3. The average molecular weight is 352 g/mol. The van der Waals surface area contributed by atoms with Crippen molar-refractivity contribution in [1.82, 2.24) is 19.9 Å². The predicted molar refractivity (Wildman–Crippen MR) is 104 cm³/mol. The molecular weight excluding hydrogens is 324 g/mol. The first-order valence-electron chi connectivity index (χ1n) is 9.87. The summed E-state index contributed by atoms with van der Waals surface area (Å²) in [7, 11) is 0. The van der Waals surface area contributed by atoms with E-state index in [4.69, 9.17) is 9.97 Å². The summed E-state index contributed by atoms with van der Waals surface area (Å²) in [4.78, 5) is 23.3. The fraction of sp³-hybridized carbons (Fsp3) is 0.600. The Hall–Kier alpha value is -2.24. The normalized spacial score (nSPS) is 19.0. The third-order valence-corrected chi connectivity index (χ3v) is 5.59. The van der Waals surface area contributed by atoms with Crippen LogP contribution in [0, 0.1) is 12.8 Å². The molecule has 2 aromatic heterocycles. The van der Waals surface area contributed by atoms with E-state index < -0.39 is 0 Å². The van der Waals surface area contributed by atoms with E-state index in [9.17, 15) is 0 Å². The average Bonchev–Trinajstić information content (AvgIpc) is 2.69. The van der Waals surface area contributed by atoms with Crippen molar-refractivity contribution in [2.24, 2.45) is 5.92 Å². The lowest BCUT2D eigenvalue weighted by molar-refractivity contribution is 0.434. The van der Waals surface area contributed by atoms with Gasteiger partial charge in [0.1, 0.15) is 0 Å². The molecule has 0 bridgehead atoms. The topological polar surface area (TPSA) is 58.0 Å². The van der Waals surface area contributed by atoms with Crippen LogP contribution in [0.4, 0.5) is 11.9 Å². The first kappa shape index (κ1) is 17.2. The third-order valence-electron chi connectivity index (χ3n) is 5.59. The summed E-state index contributed by atoms with van der Waals surface area (Å²) < 4.78 is 0. The molecule has 0 spiro atoms. The quantitative estimate of drug-likeness (QED) is 0.843. The number of piperidine rings is 2.